The van der Waals surface area contributed by atoms with Crippen molar-refractivity contribution in [2.75, 3.05) is 6.54 Å². The third kappa shape index (κ3) is 3.01. The number of hydrogen-bond donors (Lipinski definition) is 1. The van der Waals surface area contributed by atoms with Crippen LogP contribution >= 0.6 is 11.3 Å². The molecule has 0 aliphatic carbocycles. The number of thiazole rings is 1. The zero-order valence-corrected chi connectivity index (χ0v) is 12.8. The van der Waals surface area contributed by atoms with Crippen LogP contribution in [-0.4, -0.2) is 39.5 Å². The first-order valence-corrected chi connectivity index (χ1v) is 7.99. The lowest BCUT2D eigenvalue weighted by Gasteiger charge is -2.20. The lowest BCUT2D eigenvalue weighted by Crippen LogP contribution is -2.40. The van der Waals surface area contributed by atoms with Crippen molar-refractivity contribution in [2.45, 2.75) is 25.3 Å². The van der Waals surface area contributed by atoms with Gasteiger partial charge in [0.2, 0.25) is 0 Å². The van der Waals surface area contributed by atoms with Crippen molar-refractivity contribution in [1.82, 2.24) is 9.88 Å². The molecule has 1 aromatic carbocycles. The quantitative estimate of drug-likeness (QED) is 0.940. The molecule has 1 fully saturated rings. The van der Waals surface area contributed by atoms with Crippen LogP contribution < -0.4 is 0 Å². The molecule has 2 aromatic rings. The molecule has 22 heavy (non-hydrogen) atoms. The van der Waals surface area contributed by atoms with Crippen molar-refractivity contribution >= 4 is 23.2 Å². The van der Waals surface area contributed by atoms with E-state index in [0.29, 0.717) is 24.3 Å². The number of hydrogen-bond acceptors (Lipinski definition) is 4. The minimum absolute atomic E-state index is 0.221. The highest BCUT2D eigenvalue weighted by molar-refractivity contribution is 7.13. The van der Waals surface area contributed by atoms with Crippen molar-refractivity contribution in [2.24, 2.45) is 0 Å². The van der Waals surface area contributed by atoms with Crippen molar-refractivity contribution in [3.8, 4) is 0 Å². The number of carbonyl (C=O) groups is 2. The van der Waals surface area contributed by atoms with Gasteiger partial charge in [0, 0.05) is 13.0 Å². The molecule has 1 saturated heterocycles. The molecule has 3 rings (SSSR count). The van der Waals surface area contributed by atoms with Crippen LogP contribution in [0.15, 0.2) is 36.5 Å². The van der Waals surface area contributed by atoms with Crippen LogP contribution in [-0.2, 0) is 11.2 Å². The molecule has 1 N–H and O–H groups in total. The van der Waals surface area contributed by atoms with Crippen molar-refractivity contribution in [1.29, 1.82) is 0 Å². The fraction of sp³-hybridized carbons (Fsp3) is 0.312. The van der Waals surface area contributed by atoms with E-state index in [1.807, 2.05) is 30.3 Å². The summed E-state index contributed by atoms with van der Waals surface area (Å²) in [5.41, 5.74) is 1.14. The molecule has 1 aromatic heterocycles. The Morgan fingerprint density at radius 2 is 2.09 bits per heavy atom. The molecule has 1 aliphatic heterocycles. The molecular weight excluding hydrogens is 300 g/mol. The number of carboxylic acid groups (broad SMARTS) is 1. The average molecular weight is 316 g/mol. The van der Waals surface area contributed by atoms with Gasteiger partial charge in [-0.2, -0.15) is 0 Å². The Morgan fingerprint density at radius 3 is 2.82 bits per heavy atom. The summed E-state index contributed by atoms with van der Waals surface area (Å²) in [5, 5.41) is 10.0. The number of carbonyl (C=O) groups excluding carboxylic acids is 1. The molecule has 1 unspecified atom stereocenters. The fourth-order valence-electron chi connectivity index (χ4n) is 2.67. The molecular formula is C16H16N2O3S. The van der Waals surface area contributed by atoms with E-state index in [-0.39, 0.29) is 5.91 Å². The maximum absolute atomic E-state index is 12.5. The van der Waals surface area contributed by atoms with E-state index in [2.05, 4.69) is 4.98 Å². The van der Waals surface area contributed by atoms with Gasteiger partial charge in [-0.15, -0.1) is 11.3 Å². The summed E-state index contributed by atoms with van der Waals surface area (Å²) in [5.74, 6) is -1.15. The first-order valence-electron chi connectivity index (χ1n) is 7.17. The molecule has 1 amide bonds. The largest absolute Gasteiger partial charge is 0.480 e. The molecule has 0 saturated carbocycles. The van der Waals surface area contributed by atoms with E-state index >= 15 is 0 Å². The van der Waals surface area contributed by atoms with Gasteiger partial charge in [0.25, 0.3) is 5.91 Å². The van der Waals surface area contributed by atoms with Gasteiger partial charge in [0.1, 0.15) is 10.9 Å². The Balaban J connectivity index is 1.73. The van der Waals surface area contributed by atoms with Crippen LogP contribution in [0.4, 0.5) is 0 Å². The van der Waals surface area contributed by atoms with E-state index in [4.69, 9.17) is 0 Å². The minimum Gasteiger partial charge on any atom is -0.480 e. The van der Waals surface area contributed by atoms with Gasteiger partial charge in [0.05, 0.1) is 11.2 Å². The molecule has 0 bridgehead atoms. The standard InChI is InChI=1S/C16H16N2O3S/c19-15(18-8-4-7-12(18)16(20)21)13-10-17-14(22-13)9-11-5-2-1-3-6-11/h1-3,5-6,10,12H,4,7-9H2,(H,20,21). The average Bonchev–Trinajstić information content (AvgIpc) is 3.16. The molecule has 0 spiro atoms. The van der Waals surface area contributed by atoms with Gasteiger partial charge in [-0.1, -0.05) is 30.3 Å². The molecule has 1 atom stereocenters. The van der Waals surface area contributed by atoms with Crippen LogP contribution in [0.1, 0.15) is 33.1 Å². The summed E-state index contributed by atoms with van der Waals surface area (Å²) < 4.78 is 0. The van der Waals surface area contributed by atoms with Crippen LogP contribution in [0.25, 0.3) is 0 Å². The van der Waals surface area contributed by atoms with E-state index in [0.717, 1.165) is 17.0 Å². The van der Waals surface area contributed by atoms with Crippen molar-refractivity contribution in [3.63, 3.8) is 0 Å². The zero-order chi connectivity index (χ0) is 15.5. The monoisotopic (exact) mass is 316 g/mol. The number of amides is 1. The molecule has 6 heteroatoms. The van der Waals surface area contributed by atoms with Crippen molar-refractivity contribution < 1.29 is 14.7 Å². The van der Waals surface area contributed by atoms with Gasteiger partial charge >= 0.3 is 5.97 Å². The lowest BCUT2D eigenvalue weighted by atomic mass is 10.2. The number of aromatic nitrogens is 1. The number of nitrogens with zero attached hydrogens (tertiary/aromatic N) is 2. The smallest absolute Gasteiger partial charge is 0.326 e. The van der Waals surface area contributed by atoms with Gasteiger partial charge in [0.15, 0.2) is 0 Å². The normalized spacial score (nSPS) is 17.6. The van der Waals surface area contributed by atoms with Gasteiger partial charge < -0.3 is 10.0 Å². The summed E-state index contributed by atoms with van der Waals surface area (Å²) in [6.07, 6.45) is 3.50. The van der Waals surface area contributed by atoms with E-state index < -0.39 is 12.0 Å². The predicted molar refractivity (Wildman–Crippen MR) is 83.1 cm³/mol. The highest BCUT2D eigenvalue weighted by Gasteiger charge is 2.35. The van der Waals surface area contributed by atoms with Crippen LogP contribution in [0.2, 0.25) is 0 Å². The van der Waals surface area contributed by atoms with Crippen LogP contribution in [0, 0.1) is 0 Å². The highest BCUT2D eigenvalue weighted by atomic mass is 32.1. The summed E-state index contributed by atoms with van der Waals surface area (Å²) >= 11 is 1.34. The number of rotatable bonds is 4. The van der Waals surface area contributed by atoms with Crippen molar-refractivity contribution in [3.05, 3.63) is 52.0 Å². The summed E-state index contributed by atoms with van der Waals surface area (Å²) in [6, 6.07) is 9.23. The van der Waals surface area contributed by atoms with Gasteiger partial charge in [-0.05, 0) is 18.4 Å². The topological polar surface area (TPSA) is 70.5 Å². The van der Waals surface area contributed by atoms with E-state index in [1.54, 1.807) is 6.20 Å². The summed E-state index contributed by atoms with van der Waals surface area (Å²) in [4.78, 5) is 29.9. The summed E-state index contributed by atoms with van der Waals surface area (Å²) in [6.45, 7) is 0.502. The Labute approximate surface area is 132 Å². The van der Waals surface area contributed by atoms with E-state index in [9.17, 15) is 14.7 Å². The summed E-state index contributed by atoms with van der Waals surface area (Å²) in [7, 11) is 0. The molecule has 2 heterocycles. The third-order valence-electron chi connectivity index (χ3n) is 3.76. The molecule has 5 nitrogen and oxygen atoms in total. The zero-order valence-electron chi connectivity index (χ0n) is 11.9. The third-order valence-corrected chi connectivity index (χ3v) is 4.75. The molecule has 0 radical (unpaired) electrons. The minimum atomic E-state index is -0.931. The molecule has 1 aliphatic rings. The van der Waals surface area contributed by atoms with Crippen LogP contribution in [0.5, 0.6) is 0 Å². The number of likely N-dealkylation sites (tertiary alicyclic amines) is 1. The Bertz CT molecular complexity index is 684. The van der Waals surface area contributed by atoms with Crippen LogP contribution in [0.3, 0.4) is 0 Å². The maximum Gasteiger partial charge on any atom is 0.326 e. The Kier molecular flexibility index (Phi) is 4.20. The first-order chi connectivity index (χ1) is 10.6. The Morgan fingerprint density at radius 1 is 1.32 bits per heavy atom. The second-order valence-corrected chi connectivity index (χ2v) is 6.39. The fourth-order valence-corrected chi connectivity index (χ4v) is 3.58. The number of carboxylic acids is 1. The predicted octanol–water partition coefficient (Wildman–Crippen LogP) is 2.42. The van der Waals surface area contributed by atoms with Gasteiger partial charge in [-0.25, -0.2) is 9.78 Å². The number of aliphatic carboxylic acids is 1. The second-order valence-electron chi connectivity index (χ2n) is 5.28. The lowest BCUT2D eigenvalue weighted by molar-refractivity contribution is -0.141. The van der Waals surface area contributed by atoms with E-state index in [1.165, 1.54) is 16.2 Å². The number of benzene rings is 1. The highest BCUT2D eigenvalue weighted by Crippen LogP contribution is 2.24. The SMILES string of the molecule is O=C(O)C1CCCN1C(=O)c1cnc(Cc2ccccc2)s1. The maximum atomic E-state index is 12.5. The molecule has 114 valence electrons. The second kappa shape index (κ2) is 6.27. The Hall–Kier alpha value is -2.21. The van der Waals surface area contributed by atoms with Gasteiger partial charge in [-0.3, -0.25) is 4.79 Å². The first kappa shape index (κ1) is 14.7.